The zero-order valence-electron chi connectivity index (χ0n) is 11.5. The largest absolute Gasteiger partial charge is 1.00 e. The van der Waals surface area contributed by atoms with Crippen LogP contribution in [0.15, 0.2) is 0 Å². The van der Waals surface area contributed by atoms with E-state index >= 15 is 0 Å². The molecule has 0 amide bonds. The molecule has 0 aliphatic heterocycles. The Kier molecular flexibility index (Phi) is 7.81. The molecule has 1 aliphatic carbocycles. The summed E-state index contributed by atoms with van der Waals surface area (Å²) in [5, 5.41) is 10.7. The summed E-state index contributed by atoms with van der Waals surface area (Å²) in [4.78, 5) is 10.7. The van der Waals surface area contributed by atoms with E-state index in [1.165, 1.54) is 0 Å². The van der Waals surface area contributed by atoms with Crippen LogP contribution in [0.2, 0.25) is 0 Å². The third-order valence-corrected chi connectivity index (χ3v) is 3.90. The van der Waals surface area contributed by atoms with E-state index in [2.05, 4.69) is 0 Å². The van der Waals surface area contributed by atoms with Crippen molar-refractivity contribution in [1.82, 2.24) is 0 Å². The van der Waals surface area contributed by atoms with Crippen molar-refractivity contribution in [2.45, 2.75) is 31.5 Å². The summed E-state index contributed by atoms with van der Waals surface area (Å²) in [6.45, 7) is 0. The number of carboxylic acid groups (broad SMARTS) is 1. The second-order valence-electron chi connectivity index (χ2n) is 4.58. The zero-order valence-corrected chi connectivity index (χ0v) is 16.2. The quantitative estimate of drug-likeness (QED) is 0.275. The van der Waals surface area contributed by atoms with E-state index < -0.39 is 37.9 Å². The first-order valence-electron chi connectivity index (χ1n) is 5.45. The fraction of sp³-hybridized carbons (Fsp3) is 0.889. The van der Waals surface area contributed by atoms with E-state index in [-0.39, 0.29) is 77.1 Å². The fourth-order valence-corrected chi connectivity index (χ4v) is 3.57. The number of rotatable bonds is 5. The van der Waals surface area contributed by atoms with Crippen molar-refractivity contribution in [3.63, 3.8) is 0 Å². The van der Waals surface area contributed by atoms with Gasteiger partial charge in [0, 0.05) is 18.8 Å². The molecule has 11 heteroatoms. The van der Waals surface area contributed by atoms with E-state index in [4.69, 9.17) is 8.37 Å². The van der Waals surface area contributed by atoms with Crippen molar-refractivity contribution in [2.24, 2.45) is 5.92 Å². The molecule has 0 atom stereocenters. The van der Waals surface area contributed by atoms with Crippen LogP contribution in [0.3, 0.4) is 0 Å². The summed E-state index contributed by atoms with van der Waals surface area (Å²) in [6, 6.07) is 0. The van der Waals surface area contributed by atoms with Crippen LogP contribution in [0.1, 0.15) is 25.7 Å². The Morgan fingerprint density at radius 3 is 1.65 bits per heavy atom. The summed E-state index contributed by atoms with van der Waals surface area (Å²) in [5.74, 6) is -3.88. The molecule has 0 aromatic carbocycles. The molecule has 0 unspecified atom stereocenters. The molecule has 0 bridgehead atoms. The third kappa shape index (κ3) is 7.27. The molecule has 0 saturated heterocycles. The van der Waals surface area contributed by atoms with Crippen molar-refractivity contribution < 1.29 is 86.5 Å². The molecule has 1 fully saturated rings. The standard InChI is InChI=1S/C9H16O8S2.K/c1-18(12,13)16-9(17-19(2,14)15)5-3-7(4-6-9)8(10)11;/h7H,3-6H2,1-2H3,(H,10,11);/q;+1/p-1. The maximum atomic E-state index is 11.2. The molecule has 0 spiro atoms. The van der Waals surface area contributed by atoms with Gasteiger partial charge >= 0.3 is 51.4 Å². The summed E-state index contributed by atoms with van der Waals surface area (Å²) < 4.78 is 54.2. The Hall–Kier alpha value is 0.926. The molecule has 1 aliphatic rings. The predicted molar refractivity (Wildman–Crippen MR) is 61.6 cm³/mol. The average Bonchev–Trinajstić information content (AvgIpc) is 2.11. The van der Waals surface area contributed by atoms with Crippen molar-refractivity contribution in [3.05, 3.63) is 0 Å². The SMILES string of the molecule is CS(=O)(=O)OC1(OS(C)(=O)=O)CCC(C(=O)[O-])CC1.[K+]. The van der Waals surface area contributed by atoms with Gasteiger partial charge in [-0.05, 0) is 18.8 Å². The van der Waals surface area contributed by atoms with Crippen LogP contribution in [0.4, 0.5) is 0 Å². The van der Waals surface area contributed by atoms with E-state index in [0.29, 0.717) is 0 Å². The number of carbonyl (C=O) groups is 1. The molecule has 1 rings (SSSR count). The van der Waals surface area contributed by atoms with E-state index in [1.54, 1.807) is 0 Å². The number of carbonyl (C=O) groups excluding carboxylic acids is 1. The Labute approximate surface area is 160 Å². The van der Waals surface area contributed by atoms with E-state index in [0.717, 1.165) is 12.5 Å². The third-order valence-electron chi connectivity index (χ3n) is 2.69. The smallest absolute Gasteiger partial charge is 0.550 e. The first-order chi connectivity index (χ1) is 8.43. The van der Waals surface area contributed by atoms with Crippen LogP contribution >= 0.6 is 0 Å². The molecule has 0 aromatic rings. The van der Waals surface area contributed by atoms with E-state index in [9.17, 15) is 26.7 Å². The van der Waals surface area contributed by atoms with Gasteiger partial charge in [-0.15, -0.1) is 0 Å². The minimum absolute atomic E-state index is 0. The minimum atomic E-state index is -3.94. The molecule has 1 saturated carbocycles. The van der Waals surface area contributed by atoms with Crippen molar-refractivity contribution in [3.8, 4) is 0 Å². The van der Waals surface area contributed by atoms with Gasteiger partial charge in [0.25, 0.3) is 20.2 Å². The van der Waals surface area contributed by atoms with Crippen LogP contribution in [-0.2, 0) is 33.4 Å². The second kappa shape index (κ2) is 7.46. The number of aliphatic carboxylic acids is 1. The Balaban J connectivity index is 0.00000361. The van der Waals surface area contributed by atoms with Gasteiger partial charge in [0.1, 0.15) is 0 Å². The van der Waals surface area contributed by atoms with Gasteiger partial charge in [0.2, 0.25) is 5.79 Å². The van der Waals surface area contributed by atoms with Crippen LogP contribution < -0.4 is 56.5 Å². The van der Waals surface area contributed by atoms with Gasteiger partial charge in [-0.1, -0.05) is 0 Å². The Morgan fingerprint density at radius 2 is 1.40 bits per heavy atom. The monoisotopic (exact) mass is 354 g/mol. The van der Waals surface area contributed by atoms with Gasteiger partial charge in [-0.25, -0.2) is 8.37 Å². The van der Waals surface area contributed by atoms with Crippen molar-refractivity contribution in [1.29, 1.82) is 0 Å². The fourth-order valence-electron chi connectivity index (χ4n) is 2.03. The first kappa shape index (κ1) is 20.9. The predicted octanol–water partition coefficient (Wildman–Crippen LogP) is -4.42. The minimum Gasteiger partial charge on any atom is -0.550 e. The van der Waals surface area contributed by atoms with E-state index in [1.807, 2.05) is 0 Å². The zero-order chi connectivity index (χ0) is 14.9. The number of hydrogen-bond donors (Lipinski definition) is 0. The maximum absolute atomic E-state index is 11.2. The molecule has 0 radical (unpaired) electrons. The first-order valence-corrected chi connectivity index (χ1v) is 9.08. The molecule has 8 nitrogen and oxygen atoms in total. The van der Waals surface area contributed by atoms with Gasteiger partial charge in [0.15, 0.2) is 0 Å². The van der Waals surface area contributed by atoms with Gasteiger partial charge in [-0.3, -0.25) is 0 Å². The van der Waals surface area contributed by atoms with Crippen LogP contribution in [0, 0.1) is 5.92 Å². The van der Waals surface area contributed by atoms with Gasteiger partial charge in [-0.2, -0.15) is 16.8 Å². The topological polar surface area (TPSA) is 127 Å². The normalized spacial score (nSPS) is 20.1. The Morgan fingerprint density at radius 1 is 1.05 bits per heavy atom. The summed E-state index contributed by atoms with van der Waals surface area (Å²) >= 11 is 0. The second-order valence-corrected chi connectivity index (χ2v) is 7.73. The van der Waals surface area contributed by atoms with Crippen molar-refractivity contribution in [2.75, 3.05) is 12.5 Å². The number of carboxylic acids is 1. The van der Waals surface area contributed by atoms with Gasteiger partial charge in [0.05, 0.1) is 12.5 Å². The van der Waals surface area contributed by atoms with Gasteiger partial charge < -0.3 is 9.90 Å². The van der Waals surface area contributed by atoms with Crippen molar-refractivity contribution >= 4 is 26.2 Å². The van der Waals surface area contributed by atoms with Crippen LogP contribution in [0.25, 0.3) is 0 Å². The molecule has 0 N–H and O–H groups in total. The summed E-state index contributed by atoms with van der Waals surface area (Å²) in [7, 11) is -7.89. The molecule has 0 heterocycles. The summed E-state index contributed by atoms with van der Waals surface area (Å²) in [5.41, 5.74) is 0. The molecular formula is C9H15KO8S2. The summed E-state index contributed by atoms with van der Waals surface area (Å²) in [6.07, 6.45) is 1.26. The Bertz CT molecular complexity index is 508. The molecule has 112 valence electrons. The van der Waals surface area contributed by atoms with Crippen LogP contribution in [0.5, 0.6) is 0 Å². The van der Waals surface area contributed by atoms with Crippen LogP contribution in [-0.4, -0.2) is 41.1 Å². The molecular weight excluding hydrogens is 339 g/mol. The number of hydrogen-bond acceptors (Lipinski definition) is 8. The molecule has 0 aromatic heterocycles. The average molecular weight is 354 g/mol. The maximum Gasteiger partial charge on any atom is 1.00 e. The molecule has 20 heavy (non-hydrogen) atoms.